The zero-order valence-corrected chi connectivity index (χ0v) is 12.5. The minimum absolute atomic E-state index is 0.201. The Bertz CT molecular complexity index is 771. The van der Waals surface area contributed by atoms with Crippen molar-refractivity contribution >= 4 is 38.8 Å². The summed E-state index contributed by atoms with van der Waals surface area (Å²) < 4.78 is 11.1. The molecule has 0 radical (unpaired) electrons. The number of rotatable bonds is 3. The molecule has 0 saturated heterocycles. The average Bonchev–Trinajstić information content (AvgIpc) is 2.91. The van der Waals surface area contributed by atoms with Crippen molar-refractivity contribution < 1.29 is 14.1 Å². The first-order valence-corrected chi connectivity index (χ1v) is 7.05. The van der Waals surface area contributed by atoms with E-state index in [0.29, 0.717) is 16.8 Å². The number of amides is 1. The van der Waals surface area contributed by atoms with Crippen LogP contribution < -0.4 is 5.32 Å². The van der Waals surface area contributed by atoms with Crippen LogP contribution in [0.1, 0.15) is 5.56 Å². The number of para-hydroxylation sites is 1. The van der Waals surface area contributed by atoms with Crippen LogP contribution in [0.25, 0.3) is 11.0 Å². The van der Waals surface area contributed by atoms with E-state index >= 15 is 0 Å². The summed E-state index contributed by atoms with van der Waals surface area (Å²) in [4.78, 5) is 11.8. The molecule has 0 aliphatic carbocycles. The number of carbonyl (C=O) groups excluding carboxylic acids is 1. The fourth-order valence-corrected chi connectivity index (χ4v) is 2.31. The molecule has 106 valence electrons. The molecule has 6 heteroatoms. The molecule has 0 atom stereocenters. The number of fused-ring (bicyclic) bond motifs is 1. The van der Waals surface area contributed by atoms with Gasteiger partial charge in [0.15, 0.2) is 11.4 Å². The zero-order chi connectivity index (χ0) is 14.7. The maximum absolute atomic E-state index is 11.8. The summed E-state index contributed by atoms with van der Waals surface area (Å²) in [5.41, 5.74) is 1.50. The monoisotopic (exact) mass is 346 g/mol. The third kappa shape index (κ3) is 3.05. The SMILES string of the molecule is O=C(Nc1noc2c(Br)cccc12)OCc1ccccc1. The molecule has 1 N–H and O–H groups in total. The molecule has 3 aromatic rings. The Hall–Kier alpha value is -2.34. The van der Waals surface area contributed by atoms with Gasteiger partial charge >= 0.3 is 6.09 Å². The van der Waals surface area contributed by atoms with Crippen molar-refractivity contribution in [1.29, 1.82) is 0 Å². The molecular formula is C15H11BrN2O3. The van der Waals surface area contributed by atoms with E-state index in [1.54, 1.807) is 0 Å². The van der Waals surface area contributed by atoms with Crippen molar-refractivity contribution in [2.75, 3.05) is 5.32 Å². The lowest BCUT2D eigenvalue weighted by atomic mass is 10.2. The summed E-state index contributed by atoms with van der Waals surface area (Å²) in [6.07, 6.45) is -0.575. The van der Waals surface area contributed by atoms with E-state index in [4.69, 9.17) is 9.26 Å². The standard InChI is InChI=1S/C15H11BrN2O3/c16-12-8-4-7-11-13(12)21-18-14(11)17-15(19)20-9-10-5-2-1-3-6-10/h1-8H,9H2,(H,17,18,19). The number of anilines is 1. The maximum Gasteiger partial charge on any atom is 0.413 e. The molecule has 21 heavy (non-hydrogen) atoms. The van der Waals surface area contributed by atoms with E-state index in [0.717, 1.165) is 10.0 Å². The highest BCUT2D eigenvalue weighted by atomic mass is 79.9. The normalized spacial score (nSPS) is 10.5. The van der Waals surface area contributed by atoms with Crippen molar-refractivity contribution in [2.45, 2.75) is 6.61 Å². The summed E-state index contributed by atoms with van der Waals surface area (Å²) in [5, 5.41) is 7.12. The summed E-state index contributed by atoms with van der Waals surface area (Å²) in [6, 6.07) is 14.9. The zero-order valence-electron chi connectivity index (χ0n) is 10.9. The number of hydrogen-bond donors (Lipinski definition) is 1. The van der Waals surface area contributed by atoms with Gasteiger partial charge in [-0.2, -0.15) is 0 Å². The second kappa shape index (κ2) is 5.97. The van der Waals surface area contributed by atoms with Crippen LogP contribution in [0.2, 0.25) is 0 Å². The fraction of sp³-hybridized carbons (Fsp3) is 0.0667. The summed E-state index contributed by atoms with van der Waals surface area (Å²) >= 11 is 3.36. The lowest BCUT2D eigenvalue weighted by molar-refractivity contribution is 0.155. The molecule has 2 aromatic carbocycles. The lowest BCUT2D eigenvalue weighted by Crippen LogP contribution is -2.13. The Morgan fingerprint density at radius 2 is 2.00 bits per heavy atom. The van der Waals surface area contributed by atoms with Gasteiger partial charge in [-0.1, -0.05) is 41.6 Å². The van der Waals surface area contributed by atoms with Crippen molar-refractivity contribution in [2.24, 2.45) is 0 Å². The Morgan fingerprint density at radius 1 is 1.19 bits per heavy atom. The topological polar surface area (TPSA) is 64.4 Å². The molecule has 3 rings (SSSR count). The molecular weight excluding hydrogens is 336 g/mol. The van der Waals surface area contributed by atoms with Gasteiger partial charge in [-0.05, 0) is 33.6 Å². The molecule has 0 aliphatic heterocycles. The number of benzene rings is 2. The molecule has 0 fully saturated rings. The van der Waals surface area contributed by atoms with Crippen LogP contribution in [-0.2, 0) is 11.3 Å². The first kappa shape index (κ1) is 13.6. The predicted octanol–water partition coefficient (Wildman–Crippen LogP) is 4.34. The van der Waals surface area contributed by atoms with Crippen molar-refractivity contribution in [3.8, 4) is 0 Å². The van der Waals surface area contributed by atoms with E-state index in [1.165, 1.54) is 0 Å². The second-order valence-corrected chi connectivity index (χ2v) is 5.19. The molecule has 0 unspecified atom stereocenters. The number of ether oxygens (including phenoxy) is 1. The van der Waals surface area contributed by atoms with Gasteiger partial charge in [-0.25, -0.2) is 4.79 Å². The van der Waals surface area contributed by atoms with Crippen LogP contribution in [0.15, 0.2) is 57.5 Å². The summed E-state index contributed by atoms with van der Waals surface area (Å²) in [5.74, 6) is 0.337. The van der Waals surface area contributed by atoms with E-state index < -0.39 is 6.09 Å². The number of nitrogens with one attached hydrogen (secondary N) is 1. The Morgan fingerprint density at radius 3 is 2.81 bits per heavy atom. The fourth-order valence-electron chi connectivity index (χ4n) is 1.87. The van der Waals surface area contributed by atoms with Crippen molar-refractivity contribution in [3.05, 3.63) is 58.6 Å². The molecule has 0 spiro atoms. The Labute approximate surface area is 129 Å². The molecule has 0 bridgehead atoms. The van der Waals surface area contributed by atoms with Gasteiger partial charge in [0, 0.05) is 0 Å². The average molecular weight is 347 g/mol. The molecule has 0 aliphatic rings. The third-order valence-corrected chi connectivity index (χ3v) is 3.51. The lowest BCUT2D eigenvalue weighted by Gasteiger charge is -2.04. The minimum atomic E-state index is -0.575. The van der Waals surface area contributed by atoms with Gasteiger partial charge < -0.3 is 9.26 Å². The molecule has 1 aromatic heterocycles. The quantitative estimate of drug-likeness (QED) is 0.766. The number of carbonyl (C=O) groups is 1. The molecule has 1 heterocycles. The van der Waals surface area contributed by atoms with E-state index in [9.17, 15) is 4.79 Å². The van der Waals surface area contributed by atoms with E-state index in [-0.39, 0.29) is 6.61 Å². The smallest absolute Gasteiger partial charge is 0.413 e. The summed E-state index contributed by atoms with van der Waals surface area (Å²) in [6.45, 7) is 0.201. The van der Waals surface area contributed by atoms with Crippen LogP contribution >= 0.6 is 15.9 Å². The highest BCUT2D eigenvalue weighted by Gasteiger charge is 2.13. The Balaban J connectivity index is 1.68. The van der Waals surface area contributed by atoms with Crippen molar-refractivity contribution in [1.82, 2.24) is 5.16 Å². The highest BCUT2D eigenvalue weighted by Crippen LogP contribution is 2.28. The van der Waals surface area contributed by atoms with Crippen LogP contribution in [0.4, 0.5) is 10.6 Å². The van der Waals surface area contributed by atoms with Gasteiger partial charge in [0.2, 0.25) is 0 Å². The number of aromatic nitrogens is 1. The largest absolute Gasteiger partial charge is 0.444 e. The highest BCUT2D eigenvalue weighted by molar-refractivity contribution is 9.10. The number of nitrogens with zero attached hydrogens (tertiary/aromatic N) is 1. The van der Waals surface area contributed by atoms with Gasteiger partial charge in [-0.3, -0.25) is 5.32 Å². The molecule has 0 saturated carbocycles. The van der Waals surface area contributed by atoms with E-state index in [2.05, 4.69) is 26.4 Å². The van der Waals surface area contributed by atoms with Crippen LogP contribution in [-0.4, -0.2) is 11.2 Å². The number of halogens is 1. The molecule has 5 nitrogen and oxygen atoms in total. The predicted molar refractivity (Wildman–Crippen MR) is 82.0 cm³/mol. The van der Waals surface area contributed by atoms with Crippen LogP contribution in [0.5, 0.6) is 0 Å². The van der Waals surface area contributed by atoms with Crippen LogP contribution in [0, 0.1) is 0 Å². The van der Waals surface area contributed by atoms with E-state index in [1.807, 2.05) is 48.5 Å². The number of hydrogen-bond acceptors (Lipinski definition) is 4. The van der Waals surface area contributed by atoms with Gasteiger partial charge in [0.25, 0.3) is 0 Å². The van der Waals surface area contributed by atoms with Crippen LogP contribution in [0.3, 0.4) is 0 Å². The molecule has 1 amide bonds. The third-order valence-electron chi connectivity index (χ3n) is 2.88. The maximum atomic E-state index is 11.8. The second-order valence-electron chi connectivity index (χ2n) is 4.33. The van der Waals surface area contributed by atoms with Crippen molar-refractivity contribution in [3.63, 3.8) is 0 Å². The minimum Gasteiger partial charge on any atom is -0.444 e. The van der Waals surface area contributed by atoms with Gasteiger partial charge in [-0.15, -0.1) is 0 Å². The summed E-state index contributed by atoms with van der Waals surface area (Å²) in [7, 11) is 0. The first-order valence-electron chi connectivity index (χ1n) is 6.25. The Kier molecular flexibility index (Phi) is 3.87. The first-order chi connectivity index (χ1) is 10.2. The van der Waals surface area contributed by atoms with Gasteiger partial charge in [0.05, 0.1) is 9.86 Å². The van der Waals surface area contributed by atoms with Gasteiger partial charge in [0.1, 0.15) is 6.61 Å².